The number of piperidine rings is 1. The first-order chi connectivity index (χ1) is 14.0. The minimum absolute atomic E-state index is 0.0964. The van der Waals surface area contributed by atoms with E-state index >= 15 is 0 Å². The lowest BCUT2D eigenvalue weighted by atomic mass is 9.97. The quantitative estimate of drug-likeness (QED) is 0.501. The topological polar surface area (TPSA) is 97.6 Å². The van der Waals surface area contributed by atoms with Gasteiger partial charge in [0.1, 0.15) is 5.75 Å². The number of nitrogens with one attached hydrogen (secondary N) is 1. The summed E-state index contributed by atoms with van der Waals surface area (Å²) in [6.07, 6.45) is 1.63. The zero-order valence-electron chi connectivity index (χ0n) is 15.8. The first-order valence-corrected chi connectivity index (χ1v) is 10.1. The van der Waals surface area contributed by atoms with Gasteiger partial charge in [0.2, 0.25) is 5.91 Å². The molecule has 1 amide bonds. The van der Waals surface area contributed by atoms with E-state index in [-0.39, 0.29) is 17.5 Å². The molecule has 8 nitrogen and oxygen atoms in total. The second-order valence-electron chi connectivity index (χ2n) is 6.88. The van der Waals surface area contributed by atoms with Gasteiger partial charge in [0, 0.05) is 25.2 Å². The molecule has 0 bridgehead atoms. The van der Waals surface area contributed by atoms with Gasteiger partial charge in [0.15, 0.2) is 5.13 Å². The average Bonchev–Trinajstić information content (AvgIpc) is 3.18. The Morgan fingerprint density at radius 3 is 2.93 bits per heavy atom. The highest BCUT2D eigenvalue weighted by molar-refractivity contribution is 7.22. The fourth-order valence-electron chi connectivity index (χ4n) is 3.50. The van der Waals surface area contributed by atoms with E-state index in [2.05, 4.69) is 10.2 Å². The third-order valence-electron chi connectivity index (χ3n) is 5.00. The number of nitro groups is 1. The number of benzene rings is 2. The summed E-state index contributed by atoms with van der Waals surface area (Å²) in [7, 11) is 1.46. The molecule has 2 aromatic carbocycles. The number of fused-ring (bicyclic) bond motifs is 1. The minimum Gasteiger partial charge on any atom is -0.495 e. The summed E-state index contributed by atoms with van der Waals surface area (Å²) < 4.78 is 6.36. The minimum atomic E-state index is -0.495. The smallest absolute Gasteiger partial charge is 0.271 e. The Kier molecular flexibility index (Phi) is 5.30. The SMILES string of the molecule is COc1ccc([N+](=O)[O-])cc1NC(=O)C1CCCN(c2nc3ccccc3s2)C1. The molecule has 0 aliphatic carbocycles. The summed E-state index contributed by atoms with van der Waals surface area (Å²) in [6, 6.07) is 12.1. The summed E-state index contributed by atoms with van der Waals surface area (Å²) >= 11 is 1.62. The normalized spacial score (nSPS) is 16.6. The molecule has 0 saturated carbocycles. The van der Waals surface area contributed by atoms with Crippen LogP contribution < -0.4 is 15.0 Å². The highest BCUT2D eigenvalue weighted by atomic mass is 32.1. The maximum atomic E-state index is 12.9. The molecular weight excluding hydrogens is 392 g/mol. The third kappa shape index (κ3) is 4.00. The molecule has 9 heteroatoms. The zero-order chi connectivity index (χ0) is 20.4. The number of nitrogens with zero attached hydrogens (tertiary/aromatic N) is 3. The van der Waals surface area contributed by atoms with Crippen molar-refractivity contribution in [2.45, 2.75) is 12.8 Å². The average molecular weight is 412 g/mol. The number of anilines is 2. The number of nitro benzene ring substituents is 1. The molecule has 1 aliphatic rings. The number of ether oxygens (including phenoxy) is 1. The summed E-state index contributed by atoms with van der Waals surface area (Å²) in [5.41, 5.74) is 1.17. The molecule has 4 rings (SSSR count). The molecule has 1 saturated heterocycles. The highest BCUT2D eigenvalue weighted by Gasteiger charge is 2.28. The van der Waals surface area contributed by atoms with Crippen LogP contribution in [0.1, 0.15) is 12.8 Å². The largest absolute Gasteiger partial charge is 0.495 e. The van der Waals surface area contributed by atoms with E-state index in [0.717, 1.165) is 34.7 Å². The first kappa shape index (κ1) is 19.1. The van der Waals surface area contributed by atoms with Crippen molar-refractivity contribution in [3.05, 3.63) is 52.6 Å². The fraction of sp³-hybridized carbons (Fsp3) is 0.300. The van der Waals surface area contributed by atoms with Crippen molar-refractivity contribution in [3.63, 3.8) is 0 Å². The Labute approximate surface area is 171 Å². The monoisotopic (exact) mass is 412 g/mol. The Balaban J connectivity index is 1.50. The number of amides is 1. The number of aromatic nitrogens is 1. The Hall–Kier alpha value is -3.20. The zero-order valence-corrected chi connectivity index (χ0v) is 16.6. The van der Waals surface area contributed by atoms with Crippen LogP contribution in [0.4, 0.5) is 16.5 Å². The number of thiazole rings is 1. The lowest BCUT2D eigenvalue weighted by Crippen LogP contribution is -2.40. The number of methoxy groups -OCH3 is 1. The van der Waals surface area contributed by atoms with Crippen molar-refractivity contribution in [1.29, 1.82) is 0 Å². The van der Waals surface area contributed by atoms with Crippen LogP contribution in [0, 0.1) is 16.0 Å². The maximum absolute atomic E-state index is 12.9. The van der Waals surface area contributed by atoms with E-state index in [1.54, 1.807) is 11.3 Å². The molecule has 150 valence electrons. The van der Waals surface area contributed by atoms with Crippen LogP contribution in [0.25, 0.3) is 10.2 Å². The van der Waals surface area contributed by atoms with E-state index < -0.39 is 4.92 Å². The predicted molar refractivity (Wildman–Crippen MR) is 113 cm³/mol. The molecule has 0 spiro atoms. The Morgan fingerprint density at radius 2 is 2.17 bits per heavy atom. The molecule has 1 atom stereocenters. The van der Waals surface area contributed by atoms with Crippen LogP contribution in [-0.2, 0) is 4.79 Å². The summed E-state index contributed by atoms with van der Waals surface area (Å²) in [5, 5.41) is 14.8. The van der Waals surface area contributed by atoms with Gasteiger partial charge in [-0.05, 0) is 31.0 Å². The van der Waals surface area contributed by atoms with Crippen molar-refractivity contribution in [2.75, 3.05) is 30.4 Å². The Morgan fingerprint density at radius 1 is 1.34 bits per heavy atom. The van der Waals surface area contributed by atoms with Crippen molar-refractivity contribution in [2.24, 2.45) is 5.92 Å². The number of para-hydroxylation sites is 1. The lowest BCUT2D eigenvalue weighted by molar-refractivity contribution is -0.384. The molecule has 1 unspecified atom stereocenters. The van der Waals surface area contributed by atoms with Crippen LogP contribution in [0.3, 0.4) is 0 Å². The second kappa shape index (κ2) is 8.04. The standard InChI is InChI=1S/C20H20N4O4S/c1-28-17-9-8-14(24(26)27)11-16(17)21-19(25)13-5-4-10-23(12-13)20-22-15-6-2-3-7-18(15)29-20/h2-3,6-9,11,13H,4-5,10,12H2,1H3,(H,21,25). The van der Waals surface area contributed by atoms with Crippen LogP contribution in [0.5, 0.6) is 5.75 Å². The van der Waals surface area contributed by atoms with E-state index in [4.69, 9.17) is 9.72 Å². The van der Waals surface area contributed by atoms with Gasteiger partial charge in [-0.25, -0.2) is 4.98 Å². The number of carbonyl (C=O) groups is 1. The summed E-state index contributed by atoms with van der Waals surface area (Å²) in [5.74, 6) is -0.0165. The van der Waals surface area contributed by atoms with Crippen LogP contribution in [-0.4, -0.2) is 36.0 Å². The van der Waals surface area contributed by atoms with Gasteiger partial charge in [-0.15, -0.1) is 0 Å². The van der Waals surface area contributed by atoms with E-state index in [1.807, 2.05) is 24.3 Å². The number of non-ortho nitro benzene ring substituents is 1. The van der Waals surface area contributed by atoms with Gasteiger partial charge in [0.25, 0.3) is 5.69 Å². The van der Waals surface area contributed by atoms with Crippen molar-refractivity contribution >= 4 is 44.0 Å². The molecule has 1 aromatic heterocycles. The van der Waals surface area contributed by atoms with Gasteiger partial charge >= 0.3 is 0 Å². The van der Waals surface area contributed by atoms with Crippen molar-refractivity contribution in [3.8, 4) is 5.75 Å². The third-order valence-corrected chi connectivity index (χ3v) is 6.09. The highest BCUT2D eigenvalue weighted by Crippen LogP contribution is 2.33. The van der Waals surface area contributed by atoms with E-state index in [1.165, 1.54) is 25.3 Å². The van der Waals surface area contributed by atoms with Gasteiger partial charge in [-0.3, -0.25) is 14.9 Å². The predicted octanol–water partition coefficient (Wildman–Crippen LogP) is 4.07. The summed E-state index contributed by atoms with van der Waals surface area (Å²) in [6.45, 7) is 1.41. The molecule has 1 fully saturated rings. The molecule has 0 radical (unpaired) electrons. The van der Waals surface area contributed by atoms with Crippen molar-refractivity contribution in [1.82, 2.24) is 4.98 Å². The molecule has 3 aromatic rings. The van der Waals surface area contributed by atoms with Crippen molar-refractivity contribution < 1.29 is 14.5 Å². The molecule has 29 heavy (non-hydrogen) atoms. The van der Waals surface area contributed by atoms with Crippen LogP contribution >= 0.6 is 11.3 Å². The van der Waals surface area contributed by atoms with Gasteiger partial charge in [-0.2, -0.15) is 0 Å². The molecule has 1 aliphatic heterocycles. The van der Waals surface area contributed by atoms with Gasteiger partial charge in [0.05, 0.1) is 33.9 Å². The van der Waals surface area contributed by atoms with E-state index in [0.29, 0.717) is 18.0 Å². The van der Waals surface area contributed by atoms with Crippen LogP contribution in [0.15, 0.2) is 42.5 Å². The fourth-order valence-corrected chi connectivity index (χ4v) is 4.50. The number of carbonyl (C=O) groups excluding carboxylic acids is 1. The summed E-state index contributed by atoms with van der Waals surface area (Å²) in [4.78, 5) is 30.3. The van der Waals surface area contributed by atoms with E-state index in [9.17, 15) is 14.9 Å². The van der Waals surface area contributed by atoms with Crippen LogP contribution in [0.2, 0.25) is 0 Å². The number of hydrogen-bond acceptors (Lipinski definition) is 7. The second-order valence-corrected chi connectivity index (χ2v) is 7.89. The number of hydrogen-bond donors (Lipinski definition) is 1. The molecular formula is C20H20N4O4S. The van der Waals surface area contributed by atoms with Gasteiger partial charge < -0.3 is 15.0 Å². The Bertz CT molecular complexity index is 1030. The van der Waals surface area contributed by atoms with Gasteiger partial charge in [-0.1, -0.05) is 23.5 Å². The lowest BCUT2D eigenvalue weighted by Gasteiger charge is -2.31. The maximum Gasteiger partial charge on any atom is 0.271 e. The number of rotatable bonds is 5. The molecule has 2 heterocycles. The molecule has 1 N–H and O–H groups in total. The first-order valence-electron chi connectivity index (χ1n) is 9.29.